The molecule has 4 aromatic rings. The number of hydrogen-bond donors (Lipinski definition) is 3. The number of phenols is 1. The van der Waals surface area contributed by atoms with Crippen LogP contribution in [0.1, 0.15) is 34.7 Å². The zero-order valence-corrected chi connectivity index (χ0v) is 23.3. The summed E-state index contributed by atoms with van der Waals surface area (Å²) in [7, 11) is 1.46. The molecule has 39 heavy (non-hydrogen) atoms. The molecule has 2 aromatic carbocycles. The number of carbonyl (C=O) groups excluding carboxylic acids is 1. The number of methoxy groups -OCH3 is 1. The molecule has 0 bridgehead atoms. The molecule has 1 amide bonds. The van der Waals surface area contributed by atoms with Gasteiger partial charge in [-0.2, -0.15) is 0 Å². The van der Waals surface area contributed by atoms with Crippen LogP contribution in [0.5, 0.6) is 5.75 Å². The lowest BCUT2D eigenvalue weighted by Gasteiger charge is -2.28. The number of pyridine rings is 1. The van der Waals surface area contributed by atoms with Gasteiger partial charge in [-0.25, -0.2) is 0 Å². The maximum Gasteiger partial charge on any atom is 0.250 e. The molecule has 0 aliphatic carbocycles. The minimum atomic E-state index is -0.291. The summed E-state index contributed by atoms with van der Waals surface area (Å²) < 4.78 is 7.06. The smallest absolute Gasteiger partial charge is 0.250 e. The molecule has 1 aliphatic heterocycles. The van der Waals surface area contributed by atoms with Crippen LogP contribution in [0.4, 0.5) is 11.4 Å². The van der Waals surface area contributed by atoms with Crippen molar-refractivity contribution in [1.29, 1.82) is 0 Å². The number of ether oxygens (including phenoxy) is 1. The minimum Gasteiger partial charge on any atom is -0.508 e. The van der Waals surface area contributed by atoms with Gasteiger partial charge in [-0.15, -0.1) is 0 Å². The van der Waals surface area contributed by atoms with Gasteiger partial charge in [-0.1, -0.05) is 17.7 Å². The summed E-state index contributed by atoms with van der Waals surface area (Å²) in [6.45, 7) is 4.06. The molecule has 3 heterocycles. The van der Waals surface area contributed by atoms with E-state index in [0.717, 1.165) is 34.0 Å². The maximum absolute atomic E-state index is 12.0. The Kier molecular flexibility index (Phi) is 7.56. The largest absolute Gasteiger partial charge is 0.508 e. The SMILES string of the molecule is COCC(=O)Nc1ccc(N2C(=S)N[C@@H](c3ccccn3)[C@H]2c2cc(C)n(-c3ccc(O)cc3)c2C)cc1Cl. The van der Waals surface area contributed by atoms with Crippen molar-refractivity contribution in [3.63, 3.8) is 0 Å². The van der Waals surface area contributed by atoms with Crippen LogP contribution in [-0.4, -0.2) is 39.4 Å². The molecule has 0 spiro atoms. The predicted octanol–water partition coefficient (Wildman–Crippen LogP) is 5.61. The average Bonchev–Trinajstić information content (AvgIpc) is 3.41. The van der Waals surface area contributed by atoms with Crippen LogP contribution in [-0.2, 0) is 9.53 Å². The molecule has 5 rings (SSSR count). The first-order valence-electron chi connectivity index (χ1n) is 12.4. The van der Waals surface area contributed by atoms with Crippen molar-refractivity contribution in [3.8, 4) is 11.4 Å². The van der Waals surface area contributed by atoms with E-state index >= 15 is 0 Å². The van der Waals surface area contributed by atoms with Crippen molar-refractivity contribution in [2.45, 2.75) is 25.9 Å². The molecule has 1 fully saturated rings. The number of aryl methyl sites for hydroxylation is 1. The number of thiocarbonyl (C=S) groups is 1. The van der Waals surface area contributed by atoms with Crippen molar-refractivity contribution in [1.82, 2.24) is 14.9 Å². The molecule has 2 aromatic heterocycles. The fourth-order valence-electron chi connectivity index (χ4n) is 5.11. The Labute approximate surface area is 237 Å². The molecule has 8 nitrogen and oxygen atoms in total. The van der Waals surface area contributed by atoms with Crippen molar-refractivity contribution < 1.29 is 14.6 Å². The van der Waals surface area contributed by atoms with Crippen LogP contribution in [0.15, 0.2) is 72.9 Å². The summed E-state index contributed by atoms with van der Waals surface area (Å²) in [4.78, 5) is 18.7. The third-order valence-corrected chi connectivity index (χ3v) is 7.40. The number of nitrogens with one attached hydrogen (secondary N) is 2. The molecule has 200 valence electrons. The number of phenolic OH excluding ortho intramolecular Hbond substituents is 1. The molecule has 0 saturated carbocycles. The number of hydrogen-bond acceptors (Lipinski definition) is 5. The van der Waals surface area contributed by atoms with Gasteiger partial charge < -0.3 is 29.9 Å². The van der Waals surface area contributed by atoms with E-state index in [0.29, 0.717) is 15.8 Å². The van der Waals surface area contributed by atoms with Gasteiger partial charge in [-0.3, -0.25) is 9.78 Å². The first kappa shape index (κ1) is 26.7. The van der Waals surface area contributed by atoms with E-state index in [1.165, 1.54) is 7.11 Å². The lowest BCUT2D eigenvalue weighted by Crippen LogP contribution is -2.29. The van der Waals surface area contributed by atoms with Gasteiger partial charge in [0.05, 0.1) is 28.5 Å². The van der Waals surface area contributed by atoms with Crippen LogP contribution in [0.2, 0.25) is 5.02 Å². The Balaban J connectivity index is 1.60. The predicted molar refractivity (Wildman–Crippen MR) is 157 cm³/mol. The number of nitrogens with zero attached hydrogens (tertiary/aromatic N) is 3. The second-order valence-electron chi connectivity index (χ2n) is 9.32. The second-order valence-corrected chi connectivity index (χ2v) is 10.1. The van der Waals surface area contributed by atoms with Crippen molar-refractivity contribution >= 4 is 46.2 Å². The van der Waals surface area contributed by atoms with E-state index in [1.54, 1.807) is 30.5 Å². The van der Waals surface area contributed by atoms with Gasteiger partial charge in [0, 0.05) is 36.1 Å². The Hall–Kier alpha value is -3.92. The van der Waals surface area contributed by atoms with E-state index in [1.807, 2.05) is 41.3 Å². The van der Waals surface area contributed by atoms with Crippen molar-refractivity contribution in [2.24, 2.45) is 0 Å². The molecule has 3 N–H and O–H groups in total. The summed E-state index contributed by atoms with van der Waals surface area (Å²) in [5.41, 5.74) is 6.22. The van der Waals surface area contributed by atoms with Crippen LogP contribution in [0, 0.1) is 13.8 Å². The summed E-state index contributed by atoms with van der Waals surface area (Å²) in [6, 6.07) is 20.1. The normalized spacial score (nSPS) is 16.8. The number of benzene rings is 2. The monoisotopic (exact) mass is 561 g/mol. The number of aromatic hydroxyl groups is 1. The standard InChI is InChI=1S/C29H28ClN5O3S/c1-17-14-22(18(2)34(17)19-7-10-21(36)11-8-19)28-27(25-6-4-5-13-31-25)33-29(39)35(28)20-9-12-24(23(30)15-20)32-26(37)16-38-3/h4-15,27-28,36H,16H2,1-3H3,(H,32,37)(H,33,39)/t27-,28+/m0/s1. The highest BCUT2D eigenvalue weighted by Gasteiger charge is 2.42. The third kappa shape index (κ3) is 5.21. The lowest BCUT2D eigenvalue weighted by molar-refractivity contribution is -0.119. The summed E-state index contributed by atoms with van der Waals surface area (Å²) in [6.07, 6.45) is 1.77. The number of anilines is 2. The quantitative estimate of drug-likeness (QED) is 0.253. The van der Waals surface area contributed by atoms with Gasteiger partial charge >= 0.3 is 0 Å². The highest BCUT2D eigenvalue weighted by molar-refractivity contribution is 7.80. The van der Waals surface area contributed by atoms with Gasteiger partial charge in [0.1, 0.15) is 12.4 Å². The lowest BCUT2D eigenvalue weighted by atomic mass is 9.96. The Morgan fingerprint density at radius 3 is 2.54 bits per heavy atom. The number of aromatic nitrogens is 2. The number of halogens is 1. The van der Waals surface area contributed by atoms with E-state index < -0.39 is 0 Å². The molecular formula is C29H28ClN5O3S. The Morgan fingerprint density at radius 2 is 1.87 bits per heavy atom. The molecule has 0 radical (unpaired) electrons. The second kappa shape index (κ2) is 11.1. The van der Waals surface area contributed by atoms with E-state index in [9.17, 15) is 9.90 Å². The Morgan fingerprint density at radius 1 is 1.13 bits per heavy atom. The van der Waals surface area contributed by atoms with Gasteiger partial charge in [0.25, 0.3) is 0 Å². The number of carbonyl (C=O) groups is 1. The first-order chi connectivity index (χ1) is 18.8. The van der Waals surface area contributed by atoms with Crippen LogP contribution >= 0.6 is 23.8 Å². The first-order valence-corrected chi connectivity index (χ1v) is 13.1. The molecule has 1 aliphatic rings. The van der Waals surface area contributed by atoms with E-state index in [2.05, 4.69) is 40.1 Å². The highest BCUT2D eigenvalue weighted by Crippen LogP contribution is 2.44. The molecule has 0 unspecified atom stereocenters. The zero-order valence-electron chi connectivity index (χ0n) is 21.7. The third-order valence-electron chi connectivity index (χ3n) is 6.78. The summed E-state index contributed by atoms with van der Waals surface area (Å²) in [5, 5.41) is 17.0. The number of rotatable bonds is 7. The average molecular weight is 562 g/mol. The molecule has 10 heteroatoms. The minimum absolute atomic E-state index is 0.0668. The molecular weight excluding hydrogens is 534 g/mol. The van der Waals surface area contributed by atoms with Crippen LogP contribution < -0.4 is 15.5 Å². The molecule has 2 atom stereocenters. The topological polar surface area (TPSA) is 91.7 Å². The molecule has 1 saturated heterocycles. The van der Waals surface area contributed by atoms with Gasteiger partial charge in [0.15, 0.2) is 5.11 Å². The van der Waals surface area contributed by atoms with E-state index in [-0.39, 0.29) is 30.3 Å². The fourth-order valence-corrected chi connectivity index (χ4v) is 5.68. The fraction of sp³-hybridized carbons (Fsp3) is 0.207. The van der Waals surface area contributed by atoms with Gasteiger partial charge in [-0.05, 0) is 92.3 Å². The van der Waals surface area contributed by atoms with E-state index in [4.69, 9.17) is 28.6 Å². The summed E-state index contributed by atoms with van der Waals surface area (Å²) >= 11 is 12.5. The summed E-state index contributed by atoms with van der Waals surface area (Å²) in [5.74, 6) is -0.0767. The van der Waals surface area contributed by atoms with Crippen LogP contribution in [0.3, 0.4) is 0 Å². The van der Waals surface area contributed by atoms with Crippen molar-refractivity contribution in [3.05, 3.63) is 101 Å². The highest BCUT2D eigenvalue weighted by atomic mass is 35.5. The Bertz CT molecular complexity index is 1520. The number of amides is 1. The van der Waals surface area contributed by atoms with Crippen LogP contribution in [0.25, 0.3) is 5.69 Å². The van der Waals surface area contributed by atoms with Crippen molar-refractivity contribution in [2.75, 3.05) is 23.9 Å². The zero-order chi connectivity index (χ0) is 27.7. The maximum atomic E-state index is 12.0. The van der Waals surface area contributed by atoms with Gasteiger partial charge in [0.2, 0.25) is 5.91 Å².